The second kappa shape index (κ2) is 31.5. The van der Waals surface area contributed by atoms with Crippen molar-refractivity contribution in [3.63, 3.8) is 0 Å². The van der Waals surface area contributed by atoms with Crippen molar-refractivity contribution < 1.29 is 64.6 Å². The van der Waals surface area contributed by atoms with Crippen LogP contribution in [0.2, 0.25) is 0 Å². The first-order chi connectivity index (χ1) is 28.1. The second-order valence-electron chi connectivity index (χ2n) is 15.1. The zero-order valence-corrected chi connectivity index (χ0v) is 34.8. The summed E-state index contributed by atoms with van der Waals surface area (Å²) in [6, 6.07) is -0.935. The Hall–Kier alpha value is -2.31. The van der Waals surface area contributed by atoms with E-state index >= 15 is 0 Å². The quantitative estimate of drug-likeness (QED) is 0.0374. The average molecular weight is 826 g/mol. The highest BCUT2D eigenvalue weighted by Gasteiger charge is 2.50. The lowest BCUT2D eigenvalue weighted by Gasteiger charge is -2.46. The number of nitrogens with one attached hydrogen (secondary N) is 1. The minimum atomic E-state index is -1.79. The van der Waals surface area contributed by atoms with Gasteiger partial charge in [-0.1, -0.05) is 113 Å². The van der Waals surface area contributed by atoms with Crippen molar-refractivity contribution in [2.24, 2.45) is 0 Å². The number of allylic oxidation sites excluding steroid dienone is 9. The maximum absolute atomic E-state index is 13.0. The van der Waals surface area contributed by atoms with Gasteiger partial charge in [0, 0.05) is 6.42 Å². The summed E-state index contributed by atoms with van der Waals surface area (Å²) < 4.78 is 22.5. The van der Waals surface area contributed by atoms with Gasteiger partial charge in [-0.2, -0.15) is 0 Å². The number of aliphatic hydroxyl groups is 8. The van der Waals surface area contributed by atoms with Gasteiger partial charge in [0.15, 0.2) is 12.6 Å². The van der Waals surface area contributed by atoms with E-state index in [9.17, 15) is 45.6 Å². The molecule has 12 unspecified atom stereocenters. The van der Waals surface area contributed by atoms with Crippen LogP contribution in [0.3, 0.4) is 0 Å². The molecule has 9 N–H and O–H groups in total. The Balaban J connectivity index is 1.93. The highest BCUT2D eigenvalue weighted by atomic mass is 16.7. The van der Waals surface area contributed by atoms with Gasteiger partial charge in [0.05, 0.1) is 32.0 Å². The Morgan fingerprint density at radius 3 is 1.83 bits per heavy atom. The molecular formula is C44H75NO13. The normalized spacial score (nSPS) is 29.4. The Bertz CT molecular complexity index is 1210. The molecule has 58 heavy (non-hydrogen) atoms. The molecule has 0 spiro atoms. The van der Waals surface area contributed by atoms with E-state index in [1.54, 1.807) is 6.08 Å². The molecule has 14 nitrogen and oxygen atoms in total. The van der Waals surface area contributed by atoms with Crippen LogP contribution in [-0.2, 0) is 23.7 Å². The van der Waals surface area contributed by atoms with Gasteiger partial charge in [-0.25, -0.2) is 0 Å². The Morgan fingerprint density at radius 1 is 0.638 bits per heavy atom. The Kier molecular flexibility index (Phi) is 28.2. The number of rotatable bonds is 30. The van der Waals surface area contributed by atoms with E-state index in [1.807, 2.05) is 6.08 Å². The summed E-state index contributed by atoms with van der Waals surface area (Å²) in [4.78, 5) is 13.0. The van der Waals surface area contributed by atoms with Crippen LogP contribution >= 0.6 is 0 Å². The Morgan fingerprint density at radius 2 is 1.19 bits per heavy atom. The van der Waals surface area contributed by atoms with Crippen LogP contribution in [0.1, 0.15) is 117 Å². The standard InChI is InChI=1S/C44H75NO13/c1-3-5-7-9-11-13-14-15-16-17-18-20-22-24-26-28-36(49)45-32(33(48)27-25-23-21-19-12-10-8-6-4-2)31-55-43-41(54)39(52)42(35(30-47)57-43)58-44-40(53)38(51)37(50)34(29-46)56-44/h5,7,11,13,15-16,18,20,25,27,32-35,37-44,46-48,50-54H,3-4,6,8-10,12,14,17,19,21-24,26,28-31H2,1-2H3,(H,45,49)/b7-5-,13-11-,16-15-,20-18-,27-25+. The lowest BCUT2D eigenvalue weighted by molar-refractivity contribution is -0.359. The molecule has 12 atom stereocenters. The zero-order chi connectivity index (χ0) is 42.5. The van der Waals surface area contributed by atoms with Gasteiger partial charge in [0.2, 0.25) is 5.91 Å². The molecule has 0 aromatic rings. The number of ether oxygens (including phenoxy) is 4. The molecule has 2 aliphatic heterocycles. The van der Waals surface area contributed by atoms with E-state index < -0.39 is 86.8 Å². The largest absolute Gasteiger partial charge is 0.394 e. The first-order valence-electron chi connectivity index (χ1n) is 21.5. The van der Waals surface area contributed by atoms with Gasteiger partial charge in [-0.3, -0.25) is 4.79 Å². The average Bonchev–Trinajstić information content (AvgIpc) is 3.22. The maximum Gasteiger partial charge on any atom is 0.220 e. The van der Waals surface area contributed by atoms with Gasteiger partial charge in [0.25, 0.3) is 0 Å². The molecule has 1 amide bonds. The Labute approximate surface area is 345 Å². The van der Waals surface area contributed by atoms with Crippen molar-refractivity contribution in [3.05, 3.63) is 60.8 Å². The highest BCUT2D eigenvalue weighted by Crippen LogP contribution is 2.29. The molecule has 334 valence electrons. The summed E-state index contributed by atoms with van der Waals surface area (Å²) in [5.41, 5.74) is 0. The summed E-state index contributed by atoms with van der Waals surface area (Å²) in [5.74, 6) is -0.287. The van der Waals surface area contributed by atoms with Crippen molar-refractivity contribution >= 4 is 5.91 Å². The molecule has 14 heteroatoms. The summed E-state index contributed by atoms with van der Waals surface area (Å²) in [7, 11) is 0. The molecule has 2 rings (SSSR count). The van der Waals surface area contributed by atoms with Crippen LogP contribution in [0.25, 0.3) is 0 Å². The van der Waals surface area contributed by atoms with Crippen molar-refractivity contribution in [3.8, 4) is 0 Å². The number of carbonyl (C=O) groups excluding carboxylic acids is 1. The monoisotopic (exact) mass is 826 g/mol. The van der Waals surface area contributed by atoms with E-state index in [0.29, 0.717) is 6.42 Å². The van der Waals surface area contributed by atoms with Crippen LogP contribution in [0.5, 0.6) is 0 Å². The predicted molar refractivity (Wildman–Crippen MR) is 221 cm³/mol. The van der Waals surface area contributed by atoms with Gasteiger partial charge in [0.1, 0.15) is 48.8 Å². The fourth-order valence-electron chi connectivity index (χ4n) is 6.63. The minimum absolute atomic E-state index is 0.226. The third kappa shape index (κ3) is 19.8. The van der Waals surface area contributed by atoms with E-state index in [2.05, 4.69) is 67.8 Å². The van der Waals surface area contributed by atoms with Gasteiger partial charge < -0.3 is 65.1 Å². The summed E-state index contributed by atoms with van der Waals surface area (Å²) >= 11 is 0. The third-order valence-electron chi connectivity index (χ3n) is 10.2. The molecule has 0 aromatic carbocycles. The SMILES string of the molecule is CC/C=C\C/C=C\C/C=C\C/C=C\CCCCC(=O)NC(COC1OC(CO)C(OC2OC(CO)C(O)C(O)C2O)C(O)C1O)C(O)/C=C/CCCCCCCCC. The molecule has 0 saturated carbocycles. The van der Waals surface area contributed by atoms with Gasteiger partial charge in [-0.15, -0.1) is 0 Å². The second-order valence-corrected chi connectivity index (χ2v) is 15.1. The van der Waals surface area contributed by atoms with Crippen LogP contribution in [0, 0.1) is 0 Å². The molecule has 2 aliphatic rings. The smallest absolute Gasteiger partial charge is 0.220 e. The lowest BCUT2D eigenvalue weighted by atomic mass is 9.97. The molecule has 2 saturated heterocycles. The molecule has 0 radical (unpaired) electrons. The molecule has 2 heterocycles. The number of hydrogen-bond donors (Lipinski definition) is 9. The van der Waals surface area contributed by atoms with E-state index in [0.717, 1.165) is 64.2 Å². The number of aliphatic hydroxyl groups excluding tert-OH is 8. The molecule has 0 aromatic heterocycles. The predicted octanol–water partition coefficient (Wildman–Crippen LogP) is 3.54. The van der Waals surface area contributed by atoms with Crippen LogP contribution in [0.15, 0.2) is 60.8 Å². The fraction of sp³-hybridized carbons (Fsp3) is 0.750. The van der Waals surface area contributed by atoms with E-state index in [-0.39, 0.29) is 18.9 Å². The first kappa shape index (κ1) is 51.8. The number of amides is 1. The van der Waals surface area contributed by atoms with Crippen LogP contribution in [0.4, 0.5) is 0 Å². The topological polar surface area (TPSA) is 228 Å². The highest BCUT2D eigenvalue weighted by molar-refractivity contribution is 5.76. The van der Waals surface area contributed by atoms with Crippen LogP contribution < -0.4 is 5.32 Å². The van der Waals surface area contributed by atoms with Crippen molar-refractivity contribution in [1.29, 1.82) is 0 Å². The number of unbranched alkanes of at least 4 members (excludes halogenated alkanes) is 9. The van der Waals surface area contributed by atoms with E-state index in [4.69, 9.17) is 18.9 Å². The molecule has 0 bridgehead atoms. The maximum atomic E-state index is 13.0. The fourth-order valence-corrected chi connectivity index (χ4v) is 6.63. The molecule has 0 aliphatic carbocycles. The van der Waals surface area contributed by atoms with Gasteiger partial charge in [-0.05, 0) is 57.8 Å². The lowest BCUT2D eigenvalue weighted by Crippen LogP contribution is -2.65. The minimum Gasteiger partial charge on any atom is -0.394 e. The zero-order valence-electron chi connectivity index (χ0n) is 34.8. The first-order valence-corrected chi connectivity index (χ1v) is 21.5. The van der Waals surface area contributed by atoms with Crippen molar-refractivity contribution in [2.75, 3.05) is 19.8 Å². The van der Waals surface area contributed by atoms with Crippen molar-refractivity contribution in [2.45, 2.75) is 190 Å². The summed E-state index contributed by atoms with van der Waals surface area (Å²) in [6.45, 7) is 2.55. The third-order valence-corrected chi connectivity index (χ3v) is 10.2. The number of carbonyl (C=O) groups is 1. The summed E-state index contributed by atoms with van der Waals surface area (Å²) in [5, 5.41) is 86.2. The molecule has 2 fully saturated rings. The number of hydrogen-bond acceptors (Lipinski definition) is 13. The van der Waals surface area contributed by atoms with Gasteiger partial charge >= 0.3 is 0 Å². The van der Waals surface area contributed by atoms with E-state index in [1.165, 1.54) is 25.7 Å². The molecular weight excluding hydrogens is 750 g/mol. The summed E-state index contributed by atoms with van der Waals surface area (Å²) in [6.07, 6.45) is 18.6. The van der Waals surface area contributed by atoms with Crippen LogP contribution in [-0.4, -0.2) is 140 Å². The van der Waals surface area contributed by atoms with Crippen molar-refractivity contribution in [1.82, 2.24) is 5.32 Å².